The number of pyridine rings is 1. The quantitative estimate of drug-likeness (QED) is 0.876. The topological polar surface area (TPSA) is 57.8 Å². The Balaban J connectivity index is 2.23. The fourth-order valence-electron chi connectivity index (χ4n) is 2.18. The van der Waals surface area contributed by atoms with Gasteiger partial charge in [-0.15, -0.1) is 0 Å². The standard InChI is InChI=1S/C14H16F3N3O2/c15-14(16,17)10-19(5-3-7-21)9-11-8-13(22)20-6-2-1-4-12(20)18-11/h1-2,4,6,8,21H,3,5,7,9-10H2. The molecule has 0 radical (unpaired) electrons. The Hall–Kier alpha value is -1.93. The molecule has 120 valence electrons. The molecule has 2 aromatic rings. The average Bonchev–Trinajstić information content (AvgIpc) is 2.43. The van der Waals surface area contributed by atoms with Crippen molar-refractivity contribution in [1.82, 2.24) is 14.3 Å². The molecule has 5 nitrogen and oxygen atoms in total. The van der Waals surface area contributed by atoms with Crippen molar-refractivity contribution in [3.05, 3.63) is 46.5 Å². The van der Waals surface area contributed by atoms with Gasteiger partial charge >= 0.3 is 6.18 Å². The molecule has 0 saturated carbocycles. The number of alkyl halides is 3. The first kappa shape index (κ1) is 16.4. The Morgan fingerprint density at radius 3 is 2.77 bits per heavy atom. The van der Waals surface area contributed by atoms with Crippen molar-refractivity contribution in [3.63, 3.8) is 0 Å². The number of aliphatic hydroxyl groups is 1. The minimum Gasteiger partial charge on any atom is -0.396 e. The van der Waals surface area contributed by atoms with E-state index in [9.17, 15) is 18.0 Å². The molecular formula is C14H16F3N3O2. The molecule has 0 aliphatic heterocycles. The second-order valence-corrected chi connectivity index (χ2v) is 4.92. The molecular weight excluding hydrogens is 299 g/mol. The van der Waals surface area contributed by atoms with E-state index in [1.165, 1.54) is 10.5 Å². The maximum atomic E-state index is 12.6. The van der Waals surface area contributed by atoms with E-state index in [2.05, 4.69) is 4.98 Å². The summed E-state index contributed by atoms with van der Waals surface area (Å²) < 4.78 is 39.1. The van der Waals surface area contributed by atoms with E-state index in [4.69, 9.17) is 5.11 Å². The van der Waals surface area contributed by atoms with Gasteiger partial charge in [0, 0.05) is 32.0 Å². The Morgan fingerprint density at radius 1 is 1.32 bits per heavy atom. The van der Waals surface area contributed by atoms with Gasteiger partial charge in [0.1, 0.15) is 5.65 Å². The molecule has 0 aliphatic rings. The number of aromatic nitrogens is 2. The van der Waals surface area contributed by atoms with Crippen molar-refractivity contribution < 1.29 is 18.3 Å². The molecule has 0 atom stereocenters. The molecule has 2 aromatic heterocycles. The molecule has 22 heavy (non-hydrogen) atoms. The largest absolute Gasteiger partial charge is 0.401 e. The second kappa shape index (κ2) is 6.89. The molecule has 0 spiro atoms. The number of hydrogen-bond acceptors (Lipinski definition) is 4. The molecule has 2 heterocycles. The van der Waals surface area contributed by atoms with Gasteiger partial charge < -0.3 is 5.11 Å². The minimum atomic E-state index is -4.35. The zero-order valence-electron chi connectivity index (χ0n) is 11.8. The summed E-state index contributed by atoms with van der Waals surface area (Å²) in [6.45, 7) is -1.32. The summed E-state index contributed by atoms with van der Waals surface area (Å²) in [5.41, 5.74) is 0.326. The average molecular weight is 315 g/mol. The summed E-state index contributed by atoms with van der Waals surface area (Å²) >= 11 is 0. The summed E-state index contributed by atoms with van der Waals surface area (Å²) in [7, 11) is 0. The SMILES string of the molecule is O=c1cc(CN(CCCO)CC(F)(F)F)nc2ccccn12. The van der Waals surface area contributed by atoms with Crippen LogP contribution in [0.2, 0.25) is 0 Å². The molecule has 0 saturated heterocycles. The Morgan fingerprint density at radius 2 is 2.09 bits per heavy atom. The Kier molecular flexibility index (Phi) is 5.15. The van der Waals surface area contributed by atoms with Crippen LogP contribution in [0, 0.1) is 0 Å². The van der Waals surface area contributed by atoms with Crippen molar-refractivity contribution >= 4 is 5.65 Å². The molecule has 8 heteroatoms. The van der Waals surface area contributed by atoms with Gasteiger partial charge in [-0.1, -0.05) is 6.07 Å². The molecule has 0 bridgehead atoms. The summed E-state index contributed by atoms with van der Waals surface area (Å²) in [6.07, 6.45) is -2.57. The minimum absolute atomic E-state index is 0.0752. The highest BCUT2D eigenvalue weighted by Crippen LogP contribution is 2.18. The first-order valence-corrected chi connectivity index (χ1v) is 6.76. The van der Waals surface area contributed by atoms with E-state index >= 15 is 0 Å². The third kappa shape index (κ3) is 4.54. The van der Waals surface area contributed by atoms with Crippen LogP contribution in [0.15, 0.2) is 35.3 Å². The lowest BCUT2D eigenvalue weighted by Gasteiger charge is -2.22. The summed E-state index contributed by atoms with van der Waals surface area (Å²) in [6, 6.07) is 6.22. The van der Waals surface area contributed by atoms with Crippen molar-refractivity contribution in [2.75, 3.05) is 19.7 Å². The highest BCUT2D eigenvalue weighted by Gasteiger charge is 2.30. The predicted molar refractivity (Wildman–Crippen MR) is 74.5 cm³/mol. The zero-order chi connectivity index (χ0) is 16.2. The Bertz CT molecular complexity index is 685. The zero-order valence-corrected chi connectivity index (χ0v) is 11.8. The van der Waals surface area contributed by atoms with Crippen LogP contribution < -0.4 is 5.56 Å². The van der Waals surface area contributed by atoms with E-state index in [0.717, 1.165) is 4.90 Å². The third-order valence-electron chi connectivity index (χ3n) is 3.04. The molecule has 1 N–H and O–H groups in total. The van der Waals surface area contributed by atoms with E-state index < -0.39 is 12.7 Å². The van der Waals surface area contributed by atoms with Gasteiger partial charge in [0.15, 0.2) is 0 Å². The van der Waals surface area contributed by atoms with Crippen molar-refractivity contribution in [1.29, 1.82) is 0 Å². The predicted octanol–water partition coefficient (Wildman–Crippen LogP) is 1.44. The maximum absolute atomic E-state index is 12.6. The first-order chi connectivity index (χ1) is 10.4. The van der Waals surface area contributed by atoms with Gasteiger partial charge in [-0.25, -0.2) is 4.98 Å². The molecule has 0 amide bonds. The number of aliphatic hydroxyl groups excluding tert-OH is 1. The van der Waals surface area contributed by atoms with Crippen LogP contribution in [0.25, 0.3) is 5.65 Å². The third-order valence-corrected chi connectivity index (χ3v) is 3.04. The van der Waals surface area contributed by atoms with Crippen LogP contribution in [0.3, 0.4) is 0 Å². The van der Waals surface area contributed by atoms with Crippen molar-refractivity contribution in [2.24, 2.45) is 0 Å². The lowest BCUT2D eigenvalue weighted by atomic mass is 10.3. The summed E-state index contributed by atoms with van der Waals surface area (Å²) in [5, 5.41) is 8.79. The van der Waals surface area contributed by atoms with Crippen LogP contribution in [-0.2, 0) is 6.54 Å². The van der Waals surface area contributed by atoms with E-state index in [1.807, 2.05) is 0 Å². The number of hydrogen-bond donors (Lipinski definition) is 1. The monoisotopic (exact) mass is 315 g/mol. The molecule has 0 unspecified atom stereocenters. The van der Waals surface area contributed by atoms with Gasteiger partial charge in [-0.2, -0.15) is 13.2 Å². The normalized spacial score (nSPS) is 12.2. The molecule has 0 aromatic carbocycles. The van der Waals surface area contributed by atoms with Gasteiger partial charge in [-0.3, -0.25) is 14.1 Å². The smallest absolute Gasteiger partial charge is 0.396 e. The molecule has 0 fully saturated rings. The van der Waals surface area contributed by atoms with Gasteiger partial charge in [0.05, 0.1) is 12.2 Å². The lowest BCUT2D eigenvalue weighted by Crippen LogP contribution is -2.35. The second-order valence-electron chi connectivity index (χ2n) is 4.92. The van der Waals surface area contributed by atoms with E-state index in [0.29, 0.717) is 5.65 Å². The highest BCUT2D eigenvalue weighted by atomic mass is 19.4. The Labute approximate surface area is 124 Å². The lowest BCUT2D eigenvalue weighted by molar-refractivity contribution is -0.147. The van der Waals surface area contributed by atoms with Crippen LogP contribution >= 0.6 is 0 Å². The first-order valence-electron chi connectivity index (χ1n) is 6.76. The fraction of sp³-hybridized carbons (Fsp3) is 0.429. The van der Waals surface area contributed by atoms with Gasteiger partial charge in [-0.05, 0) is 18.6 Å². The number of nitrogens with zero attached hydrogens (tertiary/aromatic N) is 3. The van der Waals surface area contributed by atoms with Gasteiger partial charge in [0.25, 0.3) is 5.56 Å². The number of fused-ring (bicyclic) bond motifs is 1. The van der Waals surface area contributed by atoms with Crippen LogP contribution in [-0.4, -0.2) is 45.3 Å². The van der Waals surface area contributed by atoms with Gasteiger partial charge in [0.2, 0.25) is 0 Å². The fourth-order valence-corrected chi connectivity index (χ4v) is 2.18. The van der Waals surface area contributed by atoms with E-state index in [1.54, 1.807) is 24.4 Å². The summed E-state index contributed by atoms with van der Waals surface area (Å²) in [4.78, 5) is 17.3. The molecule has 2 rings (SSSR count). The maximum Gasteiger partial charge on any atom is 0.401 e. The van der Waals surface area contributed by atoms with Crippen LogP contribution in [0.1, 0.15) is 12.1 Å². The summed E-state index contributed by atoms with van der Waals surface area (Å²) in [5.74, 6) is 0. The van der Waals surface area contributed by atoms with Crippen LogP contribution in [0.4, 0.5) is 13.2 Å². The number of rotatable bonds is 6. The highest BCUT2D eigenvalue weighted by molar-refractivity contribution is 5.37. The van der Waals surface area contributed by atoms with Crippen molar-refractivity contribution in [3.8, 4) is 0 Å². The number of halogens is 3. The molecule has 0 aliphatic carbocycles. The van der Waals surface area contributed by atoms with Crippen molar-refractivity contribution in [2.45, 2.75) is 19.1 Å². The van der Waals surface area contributed by atoms with E-state index in [-0.39, 0.29) is 37.4 Å². The van der Waals surface area contributed by atoms with Crippen LogP contribution in [0.5, 0.6) is 0 Å².